The first kappa shape index (κ1) is 56.6. The first-order valence-electron chi connectivity index (χ1n) is 25.5. The normalized spacial score (nSPS) is 12.3. The number of esters is 3. The molecule has 0 aromatic carbocycles. The molecule has 59 heavy (non-hydrogen) atoms. The fourth-order valence-corrected chi connectivity index (χ4v) is 7.18. The van der Waals surface area contributed by atoms with Gasteiger partial charge in [-0.3, -0.25) is 14.4 Å². The van der Waals surface area contributed by atoms with Crippen molar-refractivity contribution in [3.63, 3.8) is 0 Å². The van der Waals surface area contributed by atoms with Crippen LogP contribution in [0.1, 0.15) is 265 Å². The Hall–Kier alpha value is -2.37. The Morgan fingerprint density at radius 2 is 0.576 bits per heavy atom. The Labute approximate surface area is 365 Å². The van der Waals surface area contributed by atoms with Crippen LogP contribution in [0.4, 0.5) is 0 Å². The summed E-state index contributed by atoms with van der Waals surface area (Å²) in [6, 6.07) is 0. The second kappa shape index (κ2) is 48.3. The van der Waals surface area contributed by atoms with Crippen LogP contribution in [-0.4, -0.2) is 37.2 Å². The maximum atomic E-state index is 12.8. The largest absolute Gasteiger partial charge is 0.462 e. The summed E-state index contributed by atoms with van der Waals surface area (Å²) >= 11 is 0. The average molecular weight is 829 g/mol. The summed E-state index contributed by atoms with van der Waals surface area (Å²) in [5.74, 6) is -0.895. The van der Waals surface area contributed by atoms with Crippen LogP contribution in [0, 0.1) is 0 Å². The number of hydrogen-bond donors (Lipinski definition) is 0. The van der Waals surface area contributed by atoms with Gasteiger partial charge in [0.15, 0.2) is 6.10 Å². The zero-order chi connectivity index (χ0) is 43.0. The van der Waals surface area contributed by atoms with Crippen LogP contribution in [0.25, 0.3) is 0 Å². The minimum atomic E-state index is -0.777. The first-order chi connectivity index (χ1) is 29.0. The molecule has 0 spiro atoms. The molecule has 344 valence electrons. The summed E-state index contributed by atoms with van der Waals surface area (Å²) in [7, 11) is 0. The standard InChI is InChI=1S/C53H96O6/c1-4-7-10-13-16-19-22-24-25-26-27-29-32-35-38-41-44-47-53(56)59-50(48-57-51(54)45-42-39-36-33-30-21-18-15-12-9-6-3)49-58-52(55)46-43-40-37-34-31-28-23-20-17-14-11-8-5-2/h15,18,20,23-25,50H,4-14,16-17,19,21-22,26-49H2,1-3H3/b18-15-,23-20-,25-24-/t50-/m0/s1. The molecule has 0 amide bonds. The summed E-state index contributed by atoms with van der Waals surface area (Å²) in [6.07, 6.45) is 55.5. The summed E-state index contributed by atoms with van der Waals surface area (Å²) in [5.41, 5.74) is 0. The number of unbranched alkanes of at least 4 members (excludes halogenated alkanes) is 29. The molecule has 0 N–H and O–H groups in total. The fraction of sp³-hybridized carbons (Fsp3) is 0.830. The highest BCUT2D eigenvalue weighted by Crippen LogP contribution is 2.14. The highest BCUT2D eigenvalue weighted by Gasteiger charge is 2.19. The van der Waals surface area contributed by atoms with Gasteiger partial charge in [-0.1, -0.05) is 192 Å². The van der Waals surface area contributed by atoms with Gasteiger partial charge < -0.3 is 14.2 Å². The number of ether oxygens (including phenoxy) is 3. The number of rotatable bonds is 46. The average Bonchev–Trinajstić information content (AvgIpc) is 3.23. The lowest BCUT2D eigenvalue weighted by molar-refractivity contribution is -0.167. The van der Waals surface area contributed by atoms with Gasteiger partial charge in [0.2, 0.25) is 0 Å². The van der Waals surface area contributed by atoms with Crippen molar-refractivity contribution in [1.29, 1.82) is 0 Å². The Morgan fingerprint density at radius 3 is 0.915 bits per heavy atom. The molecule has 0 aromatic rings. The zero-order valence-electron chi connectivity index (χ0n) is 39.3. The molecule has 0 aromatic heterocycles. The minimum absolute atomic E-state index is 0.0796. The van der Waals surface area contributed by atoms with Gasteiger partial charge >= 0.3 is 17.9 Å². The van der Waals surface area contributed by atoms with E-state index in [0.29, 0.717) is 19.3 Å². The fourth-order valence-electron chi connectivity index (χ4n) is 7.18. The third-order valence-electron chi connectivity index (χ3n) is 11.1. The van der Waals surface area contributed by atoms with E-state index in [1.807, 2.05) is 0 Å². The van der Waals surface area contributed by atoms with E-state index in [1.54, 1.807) is 0 Å². The van der Waals surface area contributed by atoms with Crippen molar-refractivity contribution < 1.29 is 28.6 Å². The van der Waals surface area contributed by atoms with Gasteiger partial charge in [-0.25, -0.2) is 0 Å². The monoisotopic (exact) mass is 829 g/mol. The number of carbonyl (C=O) groups is 3. The molecule has 6 nitrogen and oxygen atoms in total. The van der Waals surface area contributed by atoms with Gasteiger partial charge in [0.25, 0.3) is 0 Å². The highest BCUT2D eigenvalue weighted by atomic mass is 16.6. The van der Waals surface area contributed by atoms with Gasteiger partial charge in [-0.05, 0) is 89.9 Å². The minimum Gasteiger partial charge on any atom is -0.462 e. The molecule has 0 aliphatic heterocycles. The van der Waals surface area contributed by atoms with E-state index in [9.17, 15) is 14.4 Å². The number of allylic oxidation sites excluding steroid dienone is 6. The lowest BCUT2D eigenvalue weighted by Gasteiger charge is -2.18. The third-order valence-corrected chi connectivity index (χ3v) is 11.1. The van der Waals surface area contributed by atoms with Crippen LogP contribution in [-0.2, 0) is 28.6 Å². The van der Waals surface area contributed by atoms with Crippen molar-refractivity contribution >= 4 is 17.9 Å². The van der Waals surface area contributed by atoms with Crippen molar-refractivity contribution in [2.75, 3.05) is 13.2 Å². The van der Waals surface area contributed by atoms with Crippen molar-refractivity contribution in [2.24, 2.45) is 0 Å². The van der Waals surface area contributed by atoms with Crippen LogP contribution in [0.15, 0.2) is 36.5 Å². The summed E-state index contributed by atoms with van der Waals surface area (Å²) in [6.45, 7) is 6.57. The van der Waals surface area contributed by atoms with E-state index in [-0.39, 0.29) is 31.1 Å². The molecule has 1 atom stereocenters. The lowest BCUT2D eigenvalue weighted by Crippen LogP contribution is -2.30. The molecular weight excluding hydrogens is 733 g/mol. The van der Waals surface area contributed by atoms with Crippen LogP contribution in [0.2, 0.25) is 0 Å². The smallest absolute Gasteiger partial charge is 0.306 e. The van der Waals surface area contributed by atoms with E-state index in [4.69, 9.17) is 14.2 Å². The number of carbonyl (C=O) groups excluding carboxylic acids is 3. The van der Waals surface area contributed by atoms with Crippen LogP contribution < -0.4 is 0 Å². The van der Waals surface area contributed by atoms with E-state index in [0.717, 1.165) is 70.6 Å². The number of hydrogen-bond acceptors (Lipinski definition) is 6. The maximum Gasteiger partial charge on any atom is 0.306 e. The first-order valence-corrected chi connectivity index (χ1v) is 25.5. The van der Waals surface area contributed by atoms with Crippen LogP contribution >= 0.6 is 0 Å². The Bertz CT molecular complexity index is 1000. The molecule has 0 rings (SSSR count). The van der Waals surface area contributed by atoms with Crippen molar-refractivity contribution in [2.45, 2.75) is 271 Å². The summed E-state index contributed by atoms with van der Waals surface area (Å²) < 4.78 is 16.8. The maximum absolute atomic E-state index is 12.8. The summed E-state index contributed by atoms with van der Waals surface area (Å²) in [5, 5.41) is 0. The van der Waals surface area contributed by atoms with E-state index in [2.05, 4.69) is 57.2 Å². The van der Waals surface area contributed by atoms with Gasteiger partial charge in [0, 0.05) is 19.3 Å². The van der Waals surface area contributed by atoms with Crippen molar-refractivity contribution in [1.82, 2.24) is 0 Å². The topological polar surface area (TPSA) is 78.9 Å². The molecule has 0 fully saturated rings. The second-order valence-corrected chi connectivity index (χ2v) is 17.1. The molecule has 0 saturated heterocycles. The van der Waals surface area contributed by atoms with Crippen molar-refractivity contribution in [3.05, 3.63) is 36.5 Å². The molecule has 0 aliphatic rings. The predicted molar refractivity (Wildman–Crippen MR) is 252 cm³/mol. The third kappa shape index (κ3) is 46.5. The Morgan fingerprint density at radius 1 is 0.322 bits per heavy atom. The molecule has 0 aliphatic carbocycles. The van der Waals surface area contributed by atoms with E-state index in [1.165, 1.54) is 154 Å². The lowest BCUT2D eigenvalue weighted by atomic mass is 10.1. The van der Waals surface area contributed by atoms with E-state index >= 15 is 0 Å². The molecule has 0 radical (unpaired) electrons. The molecule has 0 bridgehead atoms. The highest BCUT2D eigenvalue weighted by molar-refractivity contribution is 5.71. The molecule has 0 saturated carbocycles. The summed E-state index contributed by atoms with van der Waals surface area (Å²) in [4.78, 5) is 37.9. The van der Waals surface area contributed by atoms with Crippen molar-refractivity contribution in [3.8, 4) is 0 Å². The Kier molecular flexibility index (Phi) is 46.4. The SMILES string of the molecule is CCCC/C=C\CCCCCCCC(=O)OC[C@@H](COC(=O)CCCCCCC/C=C\CCCCCC)OC(=O)CCCCCCCCC/C=C\CCCCCCCC. The molecule has 6 heteroatoms. The van der Waals surface area contributed by atoms with Crippen LogP contribution in [0.3, 0.4) is 0 Å². The Balaban J connectivity index is 4.36. The van der Waals surface area contributed by atoms with Gasteiger partial charge in [-0.2, -0.15) is 0 Å². The van der Waals surface area contributed by atoms with Crippen LogP contribution in [0.5, 0.6) is 0 Å². The second-order valence-electron chi connectivity index (χ2n) is 17.1. The van der Waals surface area contributed by atoms with Gasteiger partial charge in [0.1, 0.15) is 13.2 Å². The quantitative estimate of drug-likeness (QED) is 0.0263. The zero-order valence-corrected chi connectivity index (χ0v) is 39.3. The van der Waals surface area contributed by atoms with Gasteiger partial charge in [-0.15, -0.1) is 0 Å². The molecular formula is C53H96O6. The molecule has 0 heterocycles. The predicted octanol–water partition coefficient (Wildman–Crippen LogP) is 16.5. The van der Waals surface area contributed by atoms with E-state index < -0.39 is 6.10 Å². The van der Waals surface area contributed by atoms with Gasteiger partial charge in [0.05, 0.1) is 0 Å². The molecule has 0 unspecified atom stereocenters.